The summed E-state index contributed by atoms with van der Waals surface area (Å²) in [6.07, 6.45) is 1.95. The van der Waals surface area contributed by atoms with Gasteiger partial charge in [-0.2, -0.15) is 5.26 Å². The number of carbonyl (C=O) groups is 2. The van der Waals surface area contributed by atoms with Gasteiger partial charge in [-0.3, -0.25) is 14.5 Å². The molecule has 0 saturated heterocycles. The van der Waals surface area contributed by atoms with Crippen LogP contribution in [0.3, 0.4) is 0 Å². The molecular formula is C13H21N3O3. The Labute approximate surface area is 113 Å². The highest BCUT2D eigenvalue weighted by atomic mass is 16.5. The second-order valence-corrected chi connectivity index (χ2v) is 5.11. The normalized spacial score (nSPS) is 17.4. The first kappa shape index (κ1) is 15.4. The molecule has 6 heteroatoms. The molecule has 1 aliphatic rings. The average molecular weight is 267 g/mol. The Balaban J connectivity index is 2.38. The van der Waals surface area contributed by atoms with Gasteiger partial charge >= 0.3 is 5.97 Å². The Morgan fingerprint density at radius 3 is 2.58 bits per heavy atom. The molecule has 6 nitrogen and oxygen atoms in total. The summed E-state index contributed by atoms with van der Waals surface area (Å²) in [5.41, 5.74) is -0.790. The topological polar surface area (TPSA) is 82.4 Å². The van der Waals surface area contributed by atoms with Crippen LogP contribution >= 0.6 is 0 Å². The molecule has 0 aromatic carbocycles. The van der Waals surface area contributed by atoms with Gasteiger partial charge in [0, 0.05) is 0 Å². The van der Waals surface area contributed by atoms with Crippen molar-refractivity contribution in [3.8, 4) is 6.07 Å². The van der Waals surface area contributed by atoms with Crippen molar-refractivity contribution in [3.63, 3.8) is 0 Å². The van der Waals surface area contributed by atoms with Crippen molar-refractivity contribution < 1.29 is 14.3 Å². The van der Waals surface area contributed by atoms with E-state index in [1.807, 2.05) is 0 Å². The molecule has 1 saturated carbocycles. The lowest BCUT2D eigenvalue weighted by Crippen LogP contribution is -2.50. The van der Waals surface area contributed by atoms with Crippen LogP contribution < -0.4 is 5.32 Å². The van der Waals surface area contributed by atoms with Crippen molar-refractivity contribution in [2.24, 2.45) is 5.92 Å². The highest BCUT2D eigenvalue weighted by Crippen LogP contribution is 2.39. The Morgan fingerprint density at radius 2 is 2.11 bits per heavy atom. The van der Waals surface area contributed by atoms with E-state index >= 15 is 0 Å². The summed E-state index contributed by atoms with van der Waals surface area (Å²) in [5, 5.41) is 11.9. The van der Waals surface area contributed by atoms with Crippen LogP contribution in [0.25, 0.3) is 0 Å². The lowest BCUT2D eigenvalue weighted by molar-refractivity contribution is -0.144. The summed E-state index contributed by atoms with van der Waals surface area (Å²) in [7, 11) is 1.66. The Morgan fingerprint density at radius 1 is 1.47 bits per heavy atom. The van der Waals surface area contributed by atoms with Gasteiger partial charge in [0.1, 0.15) is 5.54 Å². The second-order valence-electron chi connectivity index (χ2n) is 5.11. The minimum absolute atomic E-state index is 0.0634. The number of hydrogen-bond acceptors (Lipinski definition) is 5. The second kappa shape index (κ2) is 6.53. The summed E-state index contributed by atoms with van der Waals surface area (Å²) in [4.78, 5) is 24.7. The third-order valence-corrected chi connectivity index (χ3v) is 3.14. The molecule has 1 N–H and O–H groups in total. The fourth-order valence-electron chi connectivity index (χ4n) is 1.94. The van der Waals surface area contributed by atoms with E-state index in [1.165, 1.54) is 0 Å². The molecule has 1 rings (SSSR count). The van der Waals surface area contributed by atoms with Crippen molar-refractivity contribution >= 4 is 11.9 Å². The van der Waals surface area contributed by atoms with E-state index in [0.29, 0.717) is 6.61 Å². The van der Waals surface area contributed by atoms with E-state index in [0.717, 1.165) is 12.8 Å². The minimum Gasteiger partial charge on any atom is -0.465 e. The fourth-order valence-corrected chi connectivity index (χ4v) is 1.94. The van der Waals surface area contributed by atoms with E-state index in [2.05, 4.69) is 11.4 Å². The predicted molar refractivity (Wildman–Crippen MR) is 69.0 cm³/mol. The summed E-state index contributed by atoms with van der Waals surface area (Å²) in [5.74, 6) is -0.359. The maximum Gasteiger partial charge on any atom is 0.320 e. The van der Waals surface area contributed by atoms with Gasteiger partial charge in [-0.1, -0.05) is 0 Å². The molecule has 0 aliphatic heterocycles. The minimum atomic E-state index is -0.790. The van der Waals surface area contributed by atoms with Crippen molar-refractivity contribution in [2.45, 2.75) is 32.2 Å². The molecule has 106 valence electrons. The largest absolute Gasteiger partial charge is 0.465 e. The molecule has 0 radical (unpaired) electrons. The monoisotopic (exact) mass is 267 g/mol. The van der Waals surface area contributed by atoms with Gasteiger partial charge in [0.2, 0.25) is 5.91 Å². The SMILES string of the molecule is CCOC(=O)CN(C)CC(=O)NC(C)(C#N)C1CC1. The van der Waals surface area contributed by atoms with Crippen molar-refractivity contribution in [1.29, 1.82) is 5.26 Å². The highest BCUT2D eigenvalue weighted by Gasteiger charge is 2.43. The Kier molecular flexibility index (Phi) is 5.31. The van der Waals surface area contributed by atoms with E-state index in [4.69, 9.17) is 10.00 Å². The quantitative estimate of drug-likeness (QED) is 0.670. The number of likely N-dealkylation sites (N-methyl/N-ethyl adjacent to an activating group) is 1. The smallest absolute Gasteiger partial charge is 0.320 e. The number of carbonyl (C=O) groups excluding carboxylic acids is 2. The zero-order chi connectivity index (χ0) is 14.5. The number of esters is 1. The first-order chi connectivity index (χ1) is 8.91. The highest BCUT2D eigenvalue weighted by molar-refractivity contribution is 5.80. The number of nitrogens with one attached hydrogen (secondary N) is 1. The average Bonchev–Trinajstić information content (AvgIpc) is 3.12. The summed E-state index contributed by atoms with van der Waals surface area (Å²) >= 11 is 0. The van der Waals surface area contributed by atoms with Crippen LogP contribution in [-0.2, 0) is 14.3 Å². The molecule has 0 bridgehead atoms. The first-order valence-corrected chi connectivity index (χ1v) is 6.47. The molecule has 0 aromatic rings. The van der Waals surface area contributed by atoms with Crippen LogP contribution in [0.2, 0.25) is 0 Å². The summed E-state index contributed by atoms with van der Waals surface area (Å²) in [6.45, 7) is 3.94. The molecule has 1 amide bonds. The van der Waals surface area contributed by atoms with Crippen LogP contribution in [0.1, 0.15) is 26.7 Å². The van der Waals surface area contributed by atoms with Crippen molar-refractivity contribution in [1.82, 2.24) is 10.2 Å². The molecule has 1 atom stereocenters. The maximum absolute atomic E-state index is 11.8. The number of nitriles is 1. The molecule has 0 spiro atoms. The van der Waals surface area contributed by atoms with Crippen LogP contribution in [0.4, 0.5) is 0 Å². The molecule has 1 aliphatic carbocycles. The number of hydrogen-bond donors (Lipinski definition) is 1. The predicted octanol–water partition coefficient (Wildman–Crippen LogP) is 0.290. The third-order valence-electron chi connectivity index (χ3n) is 3.14. The lowest BCUT2D eigenvalue weighted by Gasteiger charge is -2.24. The van der Waals surface area contributed by atoms with Gasteiger partial charge in [0.05, 0.1) is 25.8 Å². The van der Waals surface area contributed by atoms with Gasteiger partial charge in [0.25, 0.3) is 0 Å². The van der Waals surface area contributed by atoms with Gasteiger partial charge in [-0.25, -0.2) is 0 Å². The van der Waals surface area contributed by atoms with E-state index in [9.17, 15) is 9.59 Å². The standard InChI is InChI=1S/C13H21N3O3/c1-4-19-12(18)8-16(3)7-11(17)15-13(2,9-14)10-5-6-10/h10H,4-8H2,1-3H3,(H,15,17). The Hall–Kier alpha value is -1.61. The fraction of sp³-hybridized carbons (Fsp3) is 0.769. The van der Waals surface area contributed by atoms with Crippen LogP contribution in [-0.4, -0.2) is 49.1 Å². The Bertz CT molecular complexity index is 387. The molecule has 1 unspecified atom stereocenters. The van der Waals surface area contributed by atoms with E-state index in [-0.39, 0.29) is 30.9 Å². The van der Waals surface area contributed by atoms with Gasteiger partial charge < -0.3 is 10.1 Å². The first-order valence-electron chi connectivity index (χ1n) is 6.47. The number of ether oxygens (including phenoxy) is 1. The van der Waals surface area contributed by atoms with Crippen LogP contribution in [0, 0.1) is 17.2 Å². The molecule has 19 heavy (non-hydrogen) atoms. The van der Waals surface area contributed by atoms with E-state index in [1.54, 1.807) is 25.8 Å². The zero-order valence-corrected chi connectivity index (χ0v) is 11.7. The zero-order valence-electron chi connectivity index (χ0n) is 11.7. The van der Waals surface area contributed by atoms with Crippen molar-refractivity contribution in [2.75, 3.05) is 26.7 Å². The third kappa shape index (κ3) is 4.87. The molecule has 0 aromatic heterocycles. The lowest BCUT2D eigenvalue weighted by atomic mass is 9.98. The van der Waals surface area contributed by atoms with Gasteiger partial charge in [0.15, 0.2) is 0 Å². The van der Waals surface area contributed by atoms with Crippen molar-refractivity contribution in [3.05, 3.63) is 0 Å². The maximum atomic E-state index is 11.8. The number of nitrogens with zero attached hydrogens (tertiary/aromatic N) is 2. The van der Waals surface area contributed by atoms with Gasteiger partial charge in [-0.15, -0.1) is 0 Å². The number of rotatable bonds is 7. The number of amides is 1. The molecular weight excluding hydrogens is 246 g/mol. The molecule has 0 heterocycles. The molecule has 1 fully saturated rings. The van der Waals surface area contributed by atoms with Gasteiger partial charge in [-0.05, 0) is 39.7 Å². The summed E-state index contributed by atoms with van der Waals surface area (Å²) in [6, 6.07) is 2.16. The van der Waals surface area contributed by atoms with E-state index < -0.39 is 5.54 Å². The summed E-state index contributed by atoms with van der Waals surface area (Å²) < 4.78 is 4.80. The van der Waals surface area contributed by atoms with Crippen LogP contribution in [0.5, 0.6) is 0 Å². The van der Waals surface area contributed by atoms with Crippen LogP contribution in [0.15, 0.2) is 0 Å².